The molecule has 1 amide bonds. The van der Waals surface area contributed by atoms with Gasteiger partial charge >= 0.3 is 0 Å². The molecule has 2 aromatic rings. The van der Waals surface area contributed by atoms with Crippen LogP contribution in [0.5, 0.6) is 0 Å². The summed E-state index contributed by atoms with van der Waals surface area (Å²) < 4.78 is 40.3. The zero-order chi connectivity index (χ0) is 18.6. The van der Waals surface area contributed by atoms with Crippen LogP contribution in [0.15, 0.2) is 47.4 Å². The highest BCUT2D eigenvalue weighted by Gasteiger charge is 2.19. The van der Waals surface area contributed by atoms with Crippen LogP contribution in [0.3, 0.4) is 0 Å². The van der Waals surface area contributed by atoms with Crippen LogP contribution in [-0.4, -0.2) is 20.4 Å². The summed E-state index contributed by atoms with van der Waals surface area (Å²) in [5.41, 5.74) is 1.23. The minimum Gasteiger partial charge on any atom is -0.350 e. The second kappa shape index (κ2) is 7.65. The first kappa shape index (κ1) is 18.9. The molecule has 0 heterocycles. The summed E-state index contributed by atoms with van der Waals surface area (Å²) in [4.78, 5) is 12.3. The van der Waals surface area contributed by atoms with Gasteiger partial charge in [0.05, 0.1) is 4.90 Å². The number of rotatable bonds is 6. The fourth-order valence-corrected chi connectivity index (χ4v) is 3.23. The average molecular weight is 364 g/mol. The molecule has 0 unspecified atom stereocenters. The Morgan fingerprint density at radius 1 is 1.16 bits per heavy atom. The van der Waals surface area contributed by atoms with Crippen molar-refractivity contribution < 1.29 is 17.6 Å². The molecule has 0 bridgehead atoms. The molecule has 0 aliphatic carbocycles. The molecule has 1 atom stereocenters. The van der Waals surface area contributed by atoms with Crippen LogP contribution in [0.25, 0.3) is 0 Å². The third-order valence-electron chi connectivity index (χ3n) is 3.85. The Kier molecular flexibility index (Phi) is 5.79. The zero-order valence-corrected chi connectivity index (χ0v) is 15.2. The van der Waals surface area contributed by atoms with E-state index in [0.717, 1.165) is 18.6 Å². The molecular formula is C18H21FN2O3S. The molecule has 0 aliphatic rings. The van der Waals surface area contributed by atoms with E-state index >= 15 is 0 Å². The summed E-state index contributed by atoms with van der Waals surface area (Å²) in [6, 6.07) is 9.35. The number of carbonyl (C=O) groups is 1. The van der Waals surface area contributed by atoms with Crippen molar-refractivity contribution in [2.24, 2.45) is 0 Å². The van der Waals surface area contributed by atoms with Crippen LogP contribution < -0.4 is 10.0 Å². The lowest BCUT2D eigenvalue weighted by Gasteiger charge is -2.14. The molecule has 0 aliphatic heterocycles. The summed E-state index contributed by atoms with van der Waals surface area (Å²) in [6.07, 6.45) is 0.773. The number of carbonyl (C=O) groups excluding carboxylic acids is 1. The van der Waals surface area contributed by atoms with Crippen LogP contribution in [0.2, 0.25) is 0 Å². The van der Waals surface area contributed by atoms with Gasteiger partial charge in [-0.3, -0.25) is 9.52 Å². The normalized spacial score (nSPS) is 12.5. The first-order valence-electron chi connectivity index (χ1n) is 7.93. The maximum atomic E-state index is 12.9. The smallest absolute Gasteiger partial charge is 0.261 e. The highest BCUT2D eigenvalue weighted by molar-refractivity contribution is 7.92. The largest absolute Gasteiger partial charge is 0.350 e. The van der Waals surface area contributed by atoms with Crippen molar-refractivity contribution in [3.63, 3.8) is 0 Å². The average Bonchev–Trinajstić information content (AvgIpc) is 2.56. The van der Waals surface area contributed by atoms with Gasteiger partial charge in [-0.1, -0.05) is 13.0 Å². The molecule has 134 valence electrons. The van der Waals surface area contributed by atoms with Crippen LogP contribution >= 0.6 is 0 Å². The summed E-state index contributed by atoms with van der Waals surface area (Å²) in [7, 11) is -3.89. The Hall–Kier alpha value is -2.41. The Labute approximate surface area is 147 Å². The Morgan fingerprint density at radius 3 is 2.40 bits per heavy atom. The van der Waals surface area contributed by atoms with Crippen molar-refractivity contribution >= 4 is 21.6 Å². The Morgan fingerprint density at radius 2 is 1.80 bits per heavy atom. The number of nitrogens with one attached hydrogen (secondary N) is 2. The van der Waals surface area contributed by atoms with Crippen LogP contribution in [0.1, 0.15) is 36.2 Å². The highest BCUT2D eigenvalue weighted by atomic mass is 32.2. The minimum atomic E-state index is -3.89. The van der Waals surface area contributed by atoms with Crippen molar-refractivity contribution in [2.75, 3.05) is 4.72 Å². The van der Waals surface area contributed by atoms with E-state index in [1.165, 1.54) is 24.3 Å². The van der Waals surface area contributed by atoms with Crippen molar-refractivity contribution in [1.29, 1.82) is 0 Å². The van der Waals surface area contributed by atoms with Gasteiger partial charge in [0, 0.05) is 17.3 Å². The Balaban J connectivity index is 2.30. The molecular weight excluding hydrogens is 343 g/mol. The molecule has 0 spiro atoms. The predicted molar refractivity (Wildman–Crippen MR) is 95.6 cm³/mol. The van der Waals surface area contributed by atoms with E-state index in [4.69, 9.17) is 0 Å². The van der Waals surface area contributed by atoms with Crippen molar-refractivity contribution in [3.8, 4) is 0 Å². The van der Waals surface area contributed by atoms with E-state index in [9.17, 15) is 17.6 Å². The lowest BCUT2D eigenvalue weighted by atomic mass is 10.1. The third kappa shape index (κ3) is 4.79. The first-order chi connectivity index (χ1) is 11.7. The summed E-state index contributed by atoms with van der Waals surface area (Å²) in [6.45, 7) is 5.57. The molecule has 0 saturated carbocycles. The number of sulfonamides is 1. The number of hydrogen-bond acceptors (Lipinski definition) is 3. The Bertz CT molecular complexity index is 864. The number of anilines is 1. The van der Waals surface area contributed by atoms with Crippen molar-refractivity contribution in [2.45, 2.75) is 38.1 Å². The van der Waals surface area contributed by atoms with Gasteiger partial charge in [-0.15, -0.1) is 0 Å². The number of amides is 1. The van der Waals surface area contributed by atoms with Gasteiger partial charge in [-0.2, -0.15) is 0 Å². The molecule has 0 radical (unpaired) electrons. The molecule has 2 aromatic carbocycles. The maximum Gasteiger partial charge on any atom is 0.261 e. The van der Waals surface area contributed by atoms with Crippen molar-refractivity contribution in [1.82, 2.24) is 5.32 Å². The van der Waals surface area contributed by atoms with Crippen LogP contribution in [0, 0.1) is 12.7 Å². The van der Waals surface area contributed by atoms with E-state index in [1.54, 1.807) is 13.0 Å². The van der Waals surface area contributed by atoms with Crippen molar-refractivity contribution in [3.05, 3.63) is 59.4 Å². The second-order valence-electron chi connectivity index (χ2n) is 5.87. The molecule has 25 heavy (non-hydrogen) atoms. The zero-order valence-electron chi connectivity index (χ0n) is 14.3. The predicted octanol–water partition coefficient (Wildman–Crippen LogP) is 3.46. The van der Waals surface area contributed by atoms with Gasteiger partial charge in [0.1, 0.15) is 5.82 Å². The summed E-state index contributed by atoms with van der Waals surface area (Å²) >= 11 is 0. The topological polar surface area (TPSA) is 75.3 Å². The minimum absolute atomic E-state index is 0.00972. The monoisotopic (exact) mass is 364 g/mol. The van der Waals surface area contributed by atoms with Gasteiger partial charge in [0.15, 0.2) is 0 Å². The molecule has 0 fully saturated rings. The van der Waals surface area contributed by atoms with Gasteiger partial charge < -0.3 is 5.32 Å². The van der Waals surface area contributed by atoms with Crippen LogP contribution in [-0.2, 0) is 10.0 Å². The highest BCUT2D eigenvalue weighted by Crippen LogP contribution is 2.20. The molecule has 2 N–H and O–H groups in total. The second-order valence-corrected chi connectivity index (χ2v) is 7.55. The lowest BCUT2D eigenvalue weighted by Crippen LogP contribution is -2.32. The van der Waals surface area contributed by atoms with E-state index in [-0.39, 0.29) is 22.5 Å². The van der Waals surface area contributed by atoms with Gasteiger partial charge in [-0.25, -0.2) is 12.8 Å². The number of aryl methyl sites for hydroxylation is 1. The van der Waals surface area contributed by atoms with E-state index in [0.29, 0.717) is 11.1 Å². The molecule has 0 aromatic heterocycles. The molecule has 0 saturated heterocycles. The summed E-state index contributed by atoms with van der Waals surface area (Å²) in [5.74, 6) is -0.770. The maximum absolute atomic E-state index is 12.9. The molecule has 5 nitrogen and oxygen atoms in total. The van der Waals surface area contributed by atoms with Gasteiger partial charge in [-0.05, 0) is 62.2 Å². The van der Waals surface area contributed by atoms with Gasteiger partial charge in [0.25, 0.3) is 15.9 Å². The molecule has 2 rings (SSSR count). The fourth-order valence-electron chi connectivity index (χ4n) is 2.15. The SMILES string of the molecule is CC[C@@H](C)NC(=O)c1cc(S(=O)(=O)Nc2ccc(F)cc2)ccc1C. The fraction of sp³-hybridized carbons (Fsp3) is 0.278. The standard InChI is InChI=1S/C18H21FN2O3S/c1-4-13(3)20-18(22)17-11-16(10-5-12(17)2)25(23,24)21-15-8-6-14(19)7-9-15/h5-11,13,21H,4H2,1-3H3,(H,20,22)/t13-/m1/s1. The van der Waals surface area contributed by atoms with E-state index in [1.807, 2.05) is 13.8 Å². The first-order valence-corrected chi connectivity index (χ1v) is 9.41. The molecule has 7 heteroatoms. The van der Waals surface area contributed by atoms with Crippen LogP contribution in [0.4, 0.5) is 10.1 Å². The number of halogens is 1. The third-order valence-corrected chi connectivity index (χ3v) is 5.23. The lowest BCUT2D eigenvalue weighted by molar-refractivity contribution is 0.0938. The quantitative estimate of drug-likeness (QED) is 0.824. The number of benzene rings is 2. The summed E-state index contributed by atoms with van der Waals surface area (Å²) in [5, 5.41) is 2.83. The number of hydrogen-bond donors (Lipinski definition) is 2. The van der Waals surface area contributed by atoms with E-state index < -0.39 is 15.8 Å². The van der Waals surface area contributed by atoms with E-state index in [2.05, 4.69) is 10.0 Å². The van der Waals surface area contributed by atoms with Gasteiger partial charge in [0.2, 0.25) is 0 Å².